The second-order valence-corrected chi connectivity index (χ2v) is 7.57. The number of cyclic esters (lactones) is 1. The van der Waals surface area contributed by atoms with Crippen LogP contribution in [-0.2, 0) is 9.53 Å². The SMILES string of the molecule is CC1=C[C@H]2c3ccccc3[C@H](C(C(=O)c3ccco3)C(=O)c3ccco3)[C@H]2C(=O)O1. The molecular formula is C24H18O6. The minimum atomic E-state index is -1.18. The van der Waals surface area contributed by atoms with Crippen molar-refractivity contribution in [2.45, 2.75) is 18.8 Å². The molecule has 6 nitrogen and oxygen atoms in total. The van der Waals surface area contributed by atoms with E-state index in [1.165, 1.54) is 24.7 Å². The van der Waals surface area contributed by atoms with Crippen LogP contribution in [0.25, 0.3) is 0 Å². The smallest absolute Gasteiger partial charge is 0.315 e. The van der Waals surface area contributed by atoms with Crippen LogP contribution in [0.3, 0.4) is 0 Å². The van der Waals surface area contributed by atoms with Gasteiger partial charge in [0.05, 0.1) is 24.4 Å². The summed E-state index contributed by atoms with van der Waals surface area (Å²) in [6.45, 7) is 1.73. The molecule has 0 saturated heterocycles. The van der Waals surface area contributed by atoms with E-state index in [2.05, 4.69) is 0 Å². The quantitative estimate of drug-likeness (QED) is 0.354. The lowest BCUT2D eigenvalue weighted by Crippen LogP contribution is -2.37. The number of ether oxygens (including phenoxy) is 1. The van der Waals surface area contributed by atoms with Crippen molar-refractivity contribution < 1.29 is 28.0 Å². The van der Waals surface area contributed by atoms with E-state index < -0.39 is 35.3 Å². The summed E-state index contributed by atoms with van der Waals surface area (Å²) in [6, 6.07) is 13.8. The molecule has 30 heavy (non-hydrogen) atoms. The fraction of sp³-hybridized carbons (Fsp3) is 0.208. The third kappa shape index (κ3) is 2.76. The van der Waals surface area contributed by atoms with Gasteiger partial charge in [0.2, 0.25) is 11.6 Å². The van der Waals surface area contributed by atoms with Gasteiger partial charge in [0.15, 0.2) is 11.5 Å². The summed E-state index contributed by atoms with van der Waals surface area (Å²) < 4.78 is 16.0. The van der Waals surface area contributed by atoms with Crippen LogP contribution < -0.4 is 0 Å². The molecule has 1 aliphatic heterocycles. The van der Waals surface area contributed by atoms with Gasteiger partial charge in [-0.3, -0.25) is 14.4 Å². The Kier molecular flexibility index (Phi) is 4.28. The van der Waals surface area contributed by atoms with Crippen molar-refractivity contribution in [1.29, 1.82) is 0 Å². The Bertz CT molecular complexity index is 1110. The predicted molar refractivity (Wildman–Crippen MR) is 105 cm³/mol. The summed E-state index contributed by atoms with van der Waals surface area (Å²) in [5, 5.41) is 0. The molecule has 5 rings (SSSR count). The molecule has 2 aromatic heterocycles. The van der Waals surface area contributed by atoms with Crippen molar-refractivity contribution in [3.63, 3.8) is 0 Å². The van der Waals surface area contributed by atoms with E-state index in [0.29, 0.717) is 5.76 Å². The highest BCUT2D eigenvalue weighted by Crippen LogP contribution is 2.54. The Balaban J connectivity index is 1.69. The molecule has 3 aromatic rings. The van der Waals surface area contributed by atoms with Gasteiger partial charge >= 0.3 is 5.97 Å². The molecule has 1 aliphatic carbocycles. The topological polar surface area (TPSA) is 86.7 Å². The summed E-state index contributed by atoms with van der Waals surface area (Å²) in [5.41, 5.74) is 1.72. The van der Waals surface area contributed by atoms with Crippen molar-refractivity contribution in [2.75, 3.05) is 0 Å². The summed E-state index contributed by atoms with van der Waals surface area (Å²) >= 11 is 0. The van der Waals surface area contributed by atoms with Crippen LogP contribution in [0.5, 0.6) is 0 Å². The number of Topliss-reactive ketones (excluding diaryl/α,β-unsaturated/α-hetero) is 2. The molecule has 0 bridgehead atoms. The molecule has 0 fully saturated rings. The zero-order valence-corrected chi connectivity index (χ0v) is 16.1. The maximum atomic E-state index is 13.5. The third-order valence-corrected chi connectivity index (χ3v) is 5.89. The van der Waals surface area contributed by atoms with Crippen LogP contribution in [0.15, 0.2) is 81.7 Å². The molecule has 1 aromatic carbocycles. The number of allylic oxidation sites excluding steroid dienone is 2. The predicted octanol–water partition coefficient (Wildman–Crippen LogP) is 4.51. The number of ketones is 2. The van der Waals surface area contributed by atoms with Crippen molar-refractivity contribution in [1.82, 2.24) is 0 Å². The first-order valence-corrected chi connectivity index (χ1v) is 9.70. The molecular weight excluding hydrogens is 384 g/mol. The van der Waals surface area contributed by atoms with E-state index in [0.717, 1.165) is 11.1 Å². The molecule has 150 valence electrons. The number of furan rings is 2. The maximum absolute atomic E-state index is 13.5. The number of carbonyl (C=O) groups excluding carboxylic acids is 3. The van der Waals surface area contributed by atoms with E-state index >= 15 is 0 Å². The Morgan fingerprint density at radius 2 is 1.47 bits per heavy atom. The Hall–Kier alpha value is -3.67. The van der Waals surface area contributed by atoms with E-state index in [1.807, 2.05) is 30.3 Å². The zero-order valence-electron chi connectivity index (χ0n) is 16.1. The van der Waals surface area contributed by atoms with Gasteiger partial charge in [-0.25, -0.2) is 0 Å². The lowest BCUT2D eigenvalue weighted by atomic mass is 9.73. The van der Waals surface area contributed by atoms with Gasteiger partial charge in [-0.05, 0) is 48.4 Å². The number of benzene rings is 1. The number of fused-ring (bicyclic) bond motifs is 3. The first-order valence-electron chi connectivity index (χ1n) is 9.70. The van der Waals surface area contributed by atoms with Crippen LogP contribution in [-0.4, -0.2) is 17.5 Å². The first-order chi connectivity index (χ1) is 14.6. The van der Waals surface area contributed by atoms with Crippen molar-refractivity contribution >= 4 is 17.5 Å². The van der Waals surface area contributed by atoms with Gasteiger partial charge in [0.25, 0.3) is 0 Å². The van der Waals surface area contributed by atoms with E-state index in [-0.39, 0.29) is 17.4 Å². The molecule has 0 amide bonds. The monoisotopic (exact) mass is 402 g/mol. The van der Waals surface area contributed by atoms with Gasteiger partial charge < -0.3 is 13.6 Å². The highest BCUT2D eigenvalue weighted by Gasteiger charge is 2.54. The average Bonchev–Trinajstić information content (AvgIpc) is 3.49. The number of hydrogen-bond donors (Lipinski definition) is 0. The normalized spacial score (nSPS) is 22.3. The first kappa shape index (κ1) is 18.4. The van der Waals surface area contributed by atoms with Crippen molar-refractivity contribution in [3.8, 4) is 0 Å². The third-order valence-electron chi connectivity index (χ3n) is 5.89. The number of carbonyl (C=O) groups is 3. The highest BCUT2D eigenvalue weighted by molar-refractivity contribution is 6.15. The Morgan fingerprint density at radius 3 is 2.03 bits per heavy atom. The average molecular weight is 402 g/mol. The fourth-order valence-corrected chi connectivity index (χ4v) is 4.70. The fourth-order valence-electron chi connectivity index (χ4n) is 4.70. The molecule has 0 spiro atoms. The van der Waals surface area contributed by atoms with Gasteiger partial charge in [-0.15, -0.1) is 0 Å². The summed E-state index contributed by atoms with van der Waals surface area (Å²) in [7, 11) is 0. The molecule has 2 aliphatic rings. The van der Waals surface area contributed by atoms with Gasteiger partial charge in [0, 0.05) is 11.8 Å². The number of hydrogen-bond acceptors (Lipinski definition) is 6. The largest absolute Gasteiger partial charge is 0.461 e. The second kappa shape index (κ2) is 6.99. The van der Waals surface area contributed by atoms with Crippen LogP contribution >= 0.6 is 0 Å². The summed E-state index contributed by atoms with van der Waals surface area (Å²) in [5.74, 6) is -3.59. The maximum Gasteiger partial charge on any atom is 0.315 e. The van der Waals surface area contributed by atoms with Crippen molar-refractivity contribution in [2.24, 2.45) is 11.8 Å². The Morgan fingerprint density at radius 1 is 0.867 bits per heavy atom. The molecule has 3 atom stereocenters. The molecule has 3 heterocycles. The molecule has 0 radical (unpaired) electrons. The zero-order chi connectivity index (χ0) is 20.8. The van der Waals surface area contributed by atoms with E-state index in [9.17, 15) is 14.4 Å². The van der Waals surface area contributed by atoms with Gasteiger partial charge in [0.1, 0.15) is 5.76 Å². The van der Waals surface area contributed by atoms with Crippen LogP contribution in [0.4, 0.5) is 0 Å². The van der Waals surface area contributed by atoms with Crippen LogP contribution in [0.2, 0.25) is 0 Å². The molecule has 6 heteroatoms. The minimum absolute atomic E-state index is 0.0664. The lowest BCUT2D eigenvalue weighted by Gasteiger charge is -2.29. The standard InChI is InChI=1S/C24H18O6/c1-13-12-16-14-6-2-3-7-15(14)19(20(16)24(27)30-13)21(22(25)17-8-4-10-28-17)23(26)18-9-5-11-29-18/h2-12,16,19-21H,1H3/t16-,19-,20-/m0/s1. The van der Waals surface area contributed by atoms with Crippen LogP contribution in [0.1, 0.15) is 51.0 Å². The lowest BCUT2D eigenvalue weighted by molar-refractivity contribution is -0.146. The number of rotatable bonds is 5. The summed E-state index contributed by atoms with van der Waals surface area (Å²) in [4.78, 5) is 39.9. The van der Waals surface area contributed by atoms with Gasteiger partial charge in [-0.1, -0.05) is 24.3 Å². The van der Waals surface area contributed by atoms with E-state index in [4.69, 9.17) is 13.6 Å². The second-order valence-electron chi connectivity index (χ2n) is 7.57. The molecule has 0 N–H and O–H groups in total. The summed E-state index contributed by atoms with van der Waals surface area (Å²) in [6.07, 6.45) is 4.65. The molecule has 0 unspecified atom stereocenters. The van der Waals surface area contributed by atoms with Gasteiger partial charge in [-0.2, -0.15) is 0 Å². The van der Waals surface area contributed by atoms with Crippen molar-refractivity contribution in [3.05, 3.63) is 95.5 Å². The Labute approximate surface area is 172 Å². The highest BCUT2D eigenvalue weighted by atomic mass is 16.5. The van der Waals surface area contributed by atoms with E-state index in [1.54, 1.807) is 19.1 Å². The molecule has 0 saturated carbocycles. The minimum Gasteiger partial charge on any atom is -0.461 e. The van der Waals surface area contributed by atoms with Crippen LogP contribution in [0, 0.1) is 11.8 Å². The number of esters is 1.